The Morgan fingerprint density at radius 2 is 2.35 bits per heavy atom. The summed E-state index contributed by atoms with van der Waals surface area (Å²) >= 11 is 0. The fraction of sp³-hybridized carbons (Fsp3) is 0.333. The molecule has 1 aromatic carbocycles. The second kappa shape index (κ2) is 5.54. The van der Waals surface area contributed by atoms with Crippen molar-refractivity contribution in [1.29, 1.82) is 5.26 Å². The van der Waals surface area contributed by atoms with Crippen molar-refractivity contribution >= 4 is 17.3 Å². The zero-order valence-corrected chi connectivity index (χ0v) is 10.4. The van der Waals surface area contributed by atoms with E-state index in [0.717, 1.165) is 0 Å². The highest BCUT2D eigenvalue weighted by atomic mass is 16.6. The fourth-order valence-electron chi connectivity index (χ4n) is 2.10. The Morgan fingerprint density at radius 1 is 1.60 bits per heavy atom. The van der Waals surface area contributed by atoms with Crippen LogP contribution < -0.4 is 4.90 Å². The predicted octanol–water partition coefficient (Wildman–Crippen LogP) is 1.02. The minimum absolute atomic E-state index is 0.167. The minimum atomic E-state index is -1.36. The lowest BCUT2D eigenvalue weighted by Gasteiger charge is -2.31. The Bertz CT molecular complexity index is 595. The molecule has 1 saturated heterocycles. The first-order chi connectivity index (χ1) is 9.54. The van der Waals surface area contributed by atoms with E-state index in [2.05, 4.69) is 0 Å². The monoisotopic (exact) mass is 277 g/mol. The third-order valence-corrected chi connectivity index (χ3v) is 2.98. The van der Waals surface area contributed by atoms with Crippen LogP contribution in [0.15, 0.2) is 18.2 Å². The molecule has 1 atom stereocenters. The highest BCUT2D eigenvalue weighted by molar-refractivity contribution is 5.95. The summed E-state index contributed by atoms with van der Waals surface area (Å²) in [5.74, 6) is -1.36. The Balaban J connectivity index is 2.46. The van der Waals surface area contributed by atoms with Gasteiger partial charge in [0.15, 0.2) is 6.10 Å². The molecule has 1 N–H and O–H groups in total. The number of hydrogen-bond acceptors (Lipinski definition) is 6. The first kappa shape index (κ1) is 13.8. The second-order valence-corrected chi connectivity index (χ2v) is 4.17. The van der Waals surface area contributed by atoms with Gasteiger partial charge in [0.05, 0.1) is 24.1 Å². The number of ether oxygens (including phenoxy) is 1. The largest absolute Gasteiger partial charge is 0.477 e. The average molecular weight is 277 g/mol. The van der Waals surface area contributed by atoms with Gasteiger partial charge in [0.25, 0.3) is 0 Å². The fourth-order valence-corrected chi connectivity index (χ4v) is 2.10. The van der Waals surface area contributed by atoms with Crippen molar-refractivity contribution in [1.82, 2.24) is 0 Å². The number of nitro groups is 1. The first-order valence-electron chi connectivity index (χ1n) is 5.81. The van der Waals surface area contributed by atoms with Crippen LogP contribution in [0.5, 0.6) is 0 Å². The van der Waals surface area contributed by atoms with Crippen LogP contribution in [0.25, 0.3) is 0 Å². The quantitative estimate of drug-likeness (QED) is 0.647. The van der Waals surface area contributed by atoms with Crippen LogP contribution in [0, 0.1) is 21.4 Å². The van der Waals surface area contributed by atoms with E-state index >= 15 is 0 Å². The molecule has 0 aliphatic carbocycles. The number of rotatable bonds is 3. The summed E-state index contributed by atoms with van der Waals surface area (Å²) in [5.41, 5.74) is -0.635. The molecular formula is C12H11N3O5. The second-order valence-electron chi connectivity index (χ2n) is 4.17. The molecule has 2 rings (SSSR count). The number of anilines is 1. The van der Waals surface area contributed by atoms with Gasteiger partial charge in [0.1, 0.15) is 11.3 Å². The molecule has 1 aliphatic heterocycles. The van der Waals surface area contributed by atoms with E-state index in [-0.39, 0.29) is 24.4 Å². The van der Waals surface area contributed by atoms with E-state index in [9.17, 15) is 14.9 Å². The number of benzene rings is 1. The van der Waals surface area contributed by atoms with Gasteiger partial charge in [-0.25, -0.2) is 4.79 Å². The van der Waals surface area contributed by atoms with Gasteiger partial charge in [0.2, 0.25) is 0 Å². The minimum Gasteiger partial charge on any atom is -0.477 e. The molecule has 1 unspecified atom stereocenters. The molecule has 1 aromatic rings. The summed E-state index contributed by atoms with van der Waals surface area (Å²) in [4.78, 5) is 23.1. The molecule has 0 saturated carbocycles. The molecule has 0 aromatic heterocycles. The van der Waals surface area contributed by atoms with E-state index in [1.165, 1.54) is 18.2 Å². The van der Waals surface area contributed by atoms with Gasteiger partial charge in [0, 0.05) is 6.54 Å². The lowest BCUT2D eigenvalue weighted by Crippen LogP contribution is -2.42. The molecule has 8 heteroatoms. The molecule has 0 amide bonds. The number of carboxylic acids is 1. The third-order valence-electron chi connectivity index (χ3n) is 2.98. The zero-order valence-electron chi connectivity index (χ0n) is 10.4. The molecule has 1 heterocycles. The van der Waals surface area contributed by atoms with Crippen molar-refractivity contribution < 1.29 is 19.6 Å². The first-order valence-corrected chi connectivity index (χ1v) is 5.81. The number of nitrogens with zero attached hydrogens (tertiary/aromatic N) is 3. The van der Waals surface area contributed by atoms with E-state index in [1.54, 1.807) is 4.90 Å². The van der Waals surface area contributed by atoms with Crippen LogP contribution >= 0.6 is 0 Å². The molecule has 8 nitrogen and oxygen atoms in total. The van der Waals surface area contributed by atoms with E-state index in [1.807, 2.05) is 6.07 Å². The maximum absolute atomic E-state index is 11.2. The summed E-state index contributed by atoms with van der Waals surface area (Å²) < 4.78 is 5.17. The molecule has 0 radical (unpaired) electrons. The highest BCUT2D eigenvalue weighted by Crippen LogP contribution is 2.32. The summed E-state index contributed by atoms with van der Waals surface area (Å²) in [6, 6.07) is 6.05. The SMILES string of the molecule is N#CC1CN(c2cccc(C(=O)O)c2[N+](=O)[O-])CCO1. The molecule has 20 heavy (non-hydrogen) atoms. The van der Waals surface area contributed by atoms with E-state index in [0.29, 0.717) is 6.54 Å². The van der Waals surface area contributed by atoms with Gasteiger partial charge in [-0.05, 0) is 12.1 Å². The molecule has 104 valence electrons. The Labute approximate surface area is 113 Å². The van der Waals surface area contributed by atoms with Crippen molar-refractivity contribution in [3.05, 3.63) is 33.9 Å². The number of aromatic carboxylic acids is 1. The third kappa shape index (κ3) is 2.53. The van der Waals surface area contributed by atoms with Crippen molar-refractivity contribution in [3.63, 3.8) is 0 Å². The lowest BCUT2D eigenvalue weighted by molar-refractivity contribution is -0.384. The van der Waals surface area contributed by atoms with E-state index < -0.39 is 22.7 Å². The summed E-state index contributed by atoms with van der Waals surface area (Å²) in [6.45, 7) is 0.787. The van der Waals surface area contributed by atoms with Crippen molar-refractivity contribution in [3.8, 4) is 6.07 Å². The van der Waals surface area contributed by atoms with Crippen molar-refractivity contribution in [2.75, 3.05) is 24.6 Å². The summed E-state index contributed by atoms with van der Waals surface area (Å²) in [5, 5.41) is 29.0. The number of para-hydroxylation sites is 1. The van der Waals surface area contributed by atoms with Gasteiger partial charge < -0.3 is 14.7 Å². The normalized spacial score (nSPS) is 18.4. The topological polar surface area (TPSA) is 117 Å². The zero-order chi connectivity index (χ0) is 14.7. The molecule has 1 fully saturated rings. The Kier molecular flexibility index (Phi) is 3.81. The van der Waals surface area contributed by atoms with Gasteiger partial charge in [-0.1, -0.05) is 6.07 Å². The maximum atomic E-state index is 11.2. The number of carbonyl (C=O) groups is 1. The summed E-state index contributed by atoms with van der Waals surface area (Å²) in [7, 11) is 0. The van der Waals surface area contributed by atoms with Gasteiger partial charge in [-0.3, -0.25) is 10.1 Å². The molecule has 0 bridgehead atoms. The van der Waals surface area contributed by atoms with Crippen molar-refractivity contribution in [2.45, 2.75) is 6.10 Å². The number of nitro benzene ring substituents is 1. The average Bonchev–Trinajstić information content (AvgIpc) is 2.46. The Hall–Kier alpha value is -2.66. The molecule has 0 spiro atoms. The maximum Gasteiger partial charge on any atom is 0.342 e. The molecule has 1 aliphatic rings. The summed E-state index contributed by atoms with van der Waals surface area (Å²) in [6.07, 6.45) is -0.683. The number of morpholine rings is 1. The van der Waals surface area contributed by atoms with Crippen LogP contribution in [0.4, 0.5) is 11.4 Å². The van der Waals surface area contributed by atoms with Crippen LogP contribution in [0.1, 0.15) is 10.4 Å². The van der Waals surface area contributed by atoms with Crippen LogP contribution in [0.2, 0.25) is 0 Å². The molecular weight excluding hydrogens is 266 g/mol. The van der Waals surface area contributed by atoms with Gasteiger partial charge >= 0.3 is 11.7 Å². The lowest BCUT2D eigenvalue weighted by atomic mass is 10.1. The predicted molar refractivity (Wildman–Crippen MR) is 67.6 cm³/mol. The number of nitriles is 1. The van der Waals surface area contributed by atoms with Crippen LogP contribution in [-0.4, -0.2) is 41.8 Å². The van der Waals surface area contributed by atoms with E-state index in [4.69, 9.17) is 15.1 Å². The van der Waals surface area contributed by atoms with Crippen LogP contribution in [-0.2, 0) is 4.74 Å². The van der Waals surface area contributed by atoms with Crippen LogP contribution in [0.3, 0.4) is 0 Å². The number of carboxylic acid groups (broad SMARTS) is 1. The smallest absolute Gasteiger partial charge is 0.342 e. The standard InChI is InChI=1S/C12H11N3O5/c13-6-8-7-14(4-5-20-8)10-3-1-2-9(12(16)17)11(10)15(18)19/h1-3,8H,4-5,7H2,(H,16,17). The van der Waals surface area contributed by atoms with Crippen molar-refractivity contribution in [2.24, 2.45) is 0 Å². The highest BCUT2D eigenvalue weighted by Gasteiger charge is 2.30. The van der Waals surface area contributed by atoms with Gasteiger partial charge in [-0.2, -0.15) is 5.26 Å². The van der Waals surface area contributed by atoms with Gasteiger partial charge in [-0.15, -0.1) is 0 Å². The number of hydrogen-bond donors (Lipinski definition) is 1. The Morgan fingerprint density at radius 3 is 2.95 bits per heavy atom.